The van der Waals surface area contributed by atoms with Crippen LogP contribution in [0.5, 0.6) is 0 Å². The maximum absolute atomic E-state index is 12.2. The number of rotatable bonds is 4. The van der Waals surface area contributed by atoms with Crippen molar-refractivity contribution < 1.29 is 13.2 Å². The van der Waals surface area contributed by atoms with Crippen LogP contribution in [0.25, 0.3) is 0 Å². The van der Waals surface area contributed by atoms with E-state index in [4.69, 9.17) is 11.6 Å². The summed E-state index contributed by atoms with van der Waals surface area (Å²) >= 11 is 6.03. The first-order chi connectivity index (χ1) is 11.2. The zero-order valence-corrected chi connectivity index (χ0v) is 15.0. The minimum Gasteiger partial charge on any atom is -0.275 e. The highest BCUT2D eigenvalue weighted by Gasteiger charge is 2.20. The first kappa shape index (κ1) is 18.2. The lowest BCUT2D eigenvalue weighted by Crippen LogP contribution is -2.35. The van der Waals surface area contributed by atoms with Gasteiger partial charge in [-0.15, -0.1) is 0 Å². The van der Waals surface area contributed by atoms with E-state index in [1.807, 2.05) is 11.6 Å². The number of urea groups is 1. The molecule has 1 aromatic heterocycles. The maximum atomic E-state index is 12.2. The van der Waals surface area contributed by atoms with Crippen LogP contribution in [0.1, 0.15) is 23.7 Å². The topological polar surface area (TPSA) is 101 Å². The zero-order valence-electron chi connectivity index (χ0n) is 13.4. The fourth-order valence-electron chi connectivity index (χ4n) is 2.18. The second-order valence-electron chi connectivity index (χ2n) is 5.08. The van der Waals surface area contributed by atoms with Gasteiger partial charge in [0.1, 0.15) is 5.15 Å². The minimum atomic E-state index is -3.99. The largest absolute Gasteiger partial charge is 0.335 e. The summed E-state index contributed by atoms with van der Waals surface area (Å²) in [6, 6.07) is 5.39. The third-order valence-corrected chi connectivity index (χ3v) is 5.16. The van der Waals surface area contributed by atoms with Gasteiger partial charge < -0.3 is 0 Å². The van der Waals surface area contributed by atoms with Crippen molar-refractivity contribution in [3.8, 4) is 0 Å². The average Bonchev–Trinajstić information content (AvgIpc) is 2.46. The Bertz CT molecular complexity index is 861. The Balaban J connectivity index is 2.18. The molecule has 0 aliphatic carbocycles. The number of aromatic nitrogens is 2. The fourth-order valence-corrected chi connectivity index (χ4v) is 3.69. The minimum absolute atomic E-state index is 0.0246. The Kier molecular flexibility index (Phi) is 5.40. The molecule has 0 saturated carbocycles. The van der Waals surface area contributed by atoms with Crippen LogP contribution in [-0.4, -0.2) is 24.4 Å². The van der Waals surface area contributed by atoms with Crippen molar-refractivity contribution in [3.63, 3.8) is 0 Å². The van der Waals surface area contributed by atoms with Crippen LogP contribution < -0.4 is 10.0 Å². The Morgan fingerprint density at radius 1 is 1.21 bits per heavy atom. The van der Waals surface area contributed by atoms with E-state index in [0.717, 1.165) is 5.56 Å². The number of aryl methyl sites for hydroxylation is 2. The summed E-state index contributed by atoms with van der Waals surface area (Å²) in [5.41, 5.74) is 1.92. The maximum Gasteiger partial charge on any atom is 0.335 e. The van der Waals surface area contributed by atoms with Gasteiger partial charge in [-0.05, 0) is 31.9 Å². The van der Waals surface area contributed by atoms with Crippen LogP contribution >= 0.6 is 11.6 Å². The van der Waals surface area contributed by atoms with E-state index in [1.54, 1.807) is 32.0 Å². The predicted molar refractivity (Wildman–Crippen MR) is 91.7 cm³/mol. The molecule has 9 heteroatoms. The quantitative estimate of drug-likeness (QED) is 0.808. The molecular formula is C15H17ClN4O3S. The lowest BCUT2D eigenvalue weighted by molar-refractivity contribution is 0.256. The lowest BCUT2D eigenvalue weighted by atomic mass is 10.2. The molecule has 1 heterocycles. The molecule has 1 aromatic carbocycles. The molecule has 2 amide bonds. The Labute approximate surface area is 145 Å². The van der Waals surface area contributed by atoms with Crippen molar-refractivity contribution in [2.45, 2.75) is 32.1 Å². The van der Waals surface area contributed by atoms with Crippen LogP contribution in [-0.2, 0) is 16.4 Å². The van der Waals surface area contributed by atoms with Gasteiger partial charge in [0, 0.05) is 11.3 Å². The fraction of sp³-hybridized carbons (Fsp3) is 0.267. The van der Waals surface area contributed by atoms with Crippen molar-refractivity contribution in [1.29, 1.82) is 0 Å². The molecule has 0 unspecified atom stereocenters. The van der Waals surface area contributed by atoms with E-state index in [9.17, 15) is 13.2 Å². The van der Waals surface area contributed by atoms with Gasteiger partial charge in [-0.2, -0.15) is 0 Å². The van der Waals surface area contributed by atoms with E-state index in [1.165, 1.54) is 6.07 Å². The molecule has 0 aliphatic heterocycles. The molecular weight excluding hydrogens is 352 g/mol. The third kappa shape index (κ3) is 4.01. The third-order valence-electron chi connectivity index (χ3n) is 3.35. The highest BCUT2D eigenvalue weighted by Crippen LogP contribution is 2.19. The smallest absolute Gasteiger partial charge is 0.275 e. The first-order valence-corrected chi connectivity index (χ1v) is 9.03. The van der Waals surface area contributed by atoms with Crippen LogP contribution in [0.3, 0.4) is 0 Å². The number of hydrogen-bond donors (Lipinski definition) is 2. The summed E-state index contributed by atoms with van der Waals surface area (Å²) < 4.78 is 26.4. The molecule has 0 aliphatic rings. The molecule has 128 valence electrons. The van der Waals surface area contributed by atoms with E-state index >= 15 is 0 Å². The first-order valence-electron chi connectivity index (χ1n) is 7.17. The molecule has 0 radical (unpaired) electrons. The van der Waals surface area contributed by atoms with Crippen molar-refractivity contribution in [2.24, 2.45) is 0 Å². The van der Waals surface area contributed by atoms with E-state index < -0.39 is 16.1 Å². The molecule has 0 spiro atoms. The molecule has 2 aromatic rings. The predicted octanol–water partition coefficient (Wildman–Crippen LogP) is 2.82. The summed E-state index contributed by atoms with van der Waals surface area (Å²) in [6.07, 6.45) is 0.652. The highest BCUT2D eigenvalue weighted by atomic mass is 35.5. The summed E-state index contributed by atoms with van der Waals surface area (Å²) in [6.45, 7) is 5.29. The van der Waals surface area contributed by atoms with E-state index in [2.05, 4.69) is 15.3 Å². The van der Waals surface area contributed by atoms with Gasteiger partial charge in [0.05, 0.1) is 4.90 Å². The SMILES string of the molecule is CCc1c(C)nc(NC(=O)NS(=O)(=O)c2ccccc2C)nc1Cl. The monoisotopic (exact) mass is 368 g/mol. The van der Waals surface area contributed by atoms with Gasteiger partial charge in [0.2, 0.25) is 5.95 Å². The summed E-state index contributed by atoms with van der Waals surface area (Å²) in [4.78, 5) is 20.0. The standard InChI is InChI=1S/C15H17ClN4O3S/c1-4-11-10(3)17-14(18-13(11)16)19-15(21)20-24(22,23)12-8-6-5-7-9(12)2/h5-8H,4H2,1-3H3,(H2,17,18,19,20,21). The summed E-state index contributed by atoms with van der Waals surface area (Å²) in [7, 11) is -3.99. The molecule has 2 rings (SSSR count). The Morgan fingerprint density at radius 3 is 2.46 bits per heavy atom. The molecule has 7 nitrogen and oxygen atoms in total. The van der Waals surface area contributed by atoms with Crippen molar-refractivity contribution in [1.82, 2.24) is 14.7 Å². The normalized spacial score (nSPS) is 11.2. The molecule has 0 fully saturated rings. The molecule has 0 saturated heterocycles. The lowest BCUT2D eigenvalue weighted by Gasteiger charge is -2.11. The summed E-state index contributed by atoms with van der Waals surface area (Å²) in [5, 5.41) is 2.51. The number of amides is 2. The van der Waals surface area contributed by atoms with Gasteiger partial charge in [0.25, 0.3) is 10.0 Å². The van der Waals surface area contributed by atoms with Crippen LogP contribution in [0.4, 0.5) is 10.7 Å². The van der Waals surface area contributed by atoms with E-state index in [-0.39, 0.29) is 16.0 Å². The number of nitrogens with zero attached hydrogens (tertiary/aromatic N) is 2. The molecule has 0 bridgehead atoms. The number of hydrogen-bond acceptors (Lipinski definition) is 5. The second-order valence-corrected chi connectivity index (χ2v) is 7.09. The molecule has 2 N–H and O–H groups in total. The number of anilines is 1. The second kappa shape index (κ2) is 7.14. The van der Waals surface area contributed by atoms with Gasteiger partial charge in [-0.25, -0.2) is 27.9 Å². The summed E-state index contributed by atoms with van der Waals surface area (Å²) in [5.74, 6) is -0.0628. The van der Waals surface area contributed by atoms with Crippen LogP contribution in [0, 0.1) is 13.8 Å². The number of carbonyl (C=O) groups is 1. The van der Waals surface area contributed by atoms with Crippen molar-refractivity contribution in [3.05, 3.63) is 46.2 Å². The number of benzene rings is 1. The Hall–Kier alpha value is -2.19. The molecule has 0 atom stereocenters. The van der Waals surface area contributed by atoms with Crippen LogP contribution in [0.2, 0.25) is 5.15 Å². The van der Waals surface area contributed by atoms with Gasteiger partial charge >= 0.3 is 6.03 Å². The zero-order chi connectivity index (χ0) is 17.9. The number of sulfonamides is 1. The van der Waals surface area contributed by atoms with Gasteiger partial charge in [-0.3, -0.25) is 5.32 Å². The van der Waals surface area contributed by atoms with Crippen LogP contribution in [0.15, 0.2) is 29.2 Å². The molecule has 24 heavy (non-hydrogen) atoms. The van der Waals surface area contributed by atoms with Gasteiger partial charge in [0.15, 0.2) is 0 Å². The average molecular weight is 369 g/mol. The van der Waals surface area contributed by atoms with Crippen molar-refractivity contribution >= 4 is 33.6 Å². The van der Waals surface area contributed by atoms with Gasteiger partial charge in [-0.1, -0.05) is 36.7 Å². The van der Waals surface area contributed by atoms with Crippen molar-refractivity contribution in [2.75, 3.05) is 5.32 Å². The Morgan fingerprint density at radius 2 is 1.88 bits per heavy atom. The number of halogens is 1. The van der Waals surface area contributed by atoms with E-state index in [0.29, 0.717) is 17.7 Å². The number of nitrogens with one attached hydrogen (secondary N) is 2. The highest BCUT2D eigenvalue weighted by molar-refractivity contribution is 7.90. The number of carbonyl (C=O) groups excluding carboxylic acids is 1.